The van der Waals surface area contributed by atoms with Crippen molar-refractivity contribution in [2.75, 3.05) is 13.7 Å². The third-order valence-electron chi connectivity index (χ3n) is 5.97. The summed E-state index contributed by atoms with van der Waals surface area (Å²) in [5.41, 5.74) is 3.39. The van der Waals surface area contributed by atoms with Crippen molar-refractivity contribution in [1.82, 2.24) is 5.32 Å². The topological polar surface area (TPSA) is 84.9 Å². The number of nitrogens with one attached hydrogen (secondary N) is 1. The summed E-state index contributed by atoms with van der Waals surface area (Å²) in [6.07, 6.45) is -5.80. The molecule has 0 aliphatic heterocycles. The lowest BCUT2D eigenvalue weighted by atomic mass is 9.98. The van der Waals surface area contributed by atoms with Gasteiger partial charge in [0.2, 0.25) is 0 Å². The zero-order chi connectivity index (χ0) is 25.2. The molecule has 9 heteroatoms. The minimum Gasteiger partial charge on any atom is -0.496 e. The quantitative estimate of drug-likeness (QED) is 0.478. The highest BCUT2D eigenvalue weighted by Gasteiger charge is 2.32. The lowest BCUT2D eigenvalue weighted by Crippen LogP contribution is -2.43. The molecule has 4 rings (SSSR count). The number of benzene rings is 3. The number of hydrogen-bond donors (Lipinski definition) is 2. The Bertz CT molecular complexity index is 1210. The van der Waals surface area contributed by atoms with E-state index in [1.54, 1.807) is 0 Å². The SMILES string of the molecule is COc1cc(C(F)(F)F)ccc1CC(NC(=O)OCC1c2ccccc2-c2ccccc21)C(=O)O. The van der Waals surface area contributed by atoms with Gasteiger partial charge in [-0.2, -0.15) is 13.2 Å². The molecule has 0 fully saturated rings. The fourth-order valence-corrected chi connectivity index (χ4v) is 4.29. The molecule has 1 aliphatic rings. The van der Waals surface area contributed by atoms with E-state index < -0.39 is 29.8 Å². The molecule has 6 nitrogen and oxygen atoms in total. The number of amides is 1. The van der Waals surface area contributed by atoms with Crippen LogP contribution >= 0.6 is 0 Å². The van der Waals surface area contributed by atoms with E-state index in [-0.39, 0.29) is 30.3 Å². The summed E-state index contributed by atoms with van der Waals surface area (Å²) in [5.74, 6) is -1.69. The normalized spacial score (nSPS) is 13.5. The van der Waals surface area contributed by atoms with E-state index in [1.165, 1.54) is 7.11 Å². The van der Waals surface area contributed by atoms with Crippen molar-refractivity contribution in [3.8, 4) is 16.9 Å². The Labute approximate surface area is 199 Å². The fourth-order valence-electron chi connectivity index (χ4n) is 4.29. The number of carboxylic acids is 1. The Balaban J connectivity index is 1.45. The number of carbonyl (C=O) groups excluding carboxylic acids is 1. The van der Waals surface area contributed by atoms with Crippen LogP contribution in [0.15, 0.2) is 66.7 Å². The number of methoxy groups -OCH3 is 1. The zero-order valence-corrected chi connectivity index (χ0v) is 18.6. The number of fused-ring (bicyclic) bond motifs is 3. The molecule has 1 aliphatic carbocycles. The molecule has 0 bridgehead atoms. The van der Waals surface area contributed by atoms with Crippen molar-refractivity contribution >= 4 is 12.1 Å². The first-order valence-corrected chi connectivity index (χ1v) is 10.8. The molecule has 3 aromatic carbocycles. The molecule has 0 spiro atoms. The Hall–Kier alpha value is -4.01. The smallest absolute Gasteiger partial charge is 0.416 e. The van der Waals surface area contributed by atoms with Crippen molar-refractivity contribution in [1.29, 1.82) is 0 Å². The van der Waals surface area contributed by atoms with Gasteiger partial charge in [-0.05, 0) is 39.9 Å². The number of halogens is 3. The average molecular weight is 485 g/mol. The predicted octanol–water partition coefficient (Wildman–Crippen LogP) is 5.25. The van der Waals surface area contributed by atoms with Gasteiger partial charge in [-0.1, -0.05) is 54.6 Å². The molecular formula is C26H22F3NO5. The van der Waals surface area contributed by atoms with Crippen LogP contribution in [0.2, 0.25) is 0 Å². The van der Waals surface area contributed by atoms with Gasteiger partial charge in [0.05, 0.1) is 12.7 Å². The van der Waals surface area contributed by atoms with Crippen LogP contribution in [0.1, 0.15) is 28.2 Å². The molecule has 0 heterocycles. The maximum Gasteiger partial charge on any atom is 0.416 e. The Kier molecular flexibility index (Phi) is 6.68. The van der Waals surface area contributed by atoms with Gasteiger partial charge in [-0.15, -0.1) is 0 Å². The number of carbonyl (C=O) groups is 2. The third kappa shape index (κ3) is 5.08. The van der Waals surface area contributed by atoms with Gasteiger partial charge in [0.1, 0.15) is 18.4 Å². The van der Waals surface area contributed by atoms with Crippen molar-refractivity contribution in [2.45, 2.75) is 24.6 Å². The predicted molar refractivity (Wildman–Crippen MR) is 121 cm³/mol. The Morgan fingerprint density at radius 3 is 2.14 bits per heavy atom. The van der Waals surface area contributed by atoms with Gasteiger partial charge in [-0.3, -0.25) is 0 Å². The summed E-state index contributed by atoms with van der Waals surface area (Å²) in [4.78, 5) is 24.3. The summed E-state index contributed by atoms with van der Waals surface area (Å²) in [6, 6.07) is 16.9. The van der Waals surface area contributed by atoms with Crippen LogP contribution < -0.4 is 10.1 Å². The molecule has 3 aromatic rings. The molecule has 1 amide bonds. The van der Waals surface area contributed by atoms with E-state index in [2.05, 4.69) is 5.32 Å². The maximum absolute atomic E-state index is 13.0. The number of alkyl halides is 3. The zero-order valence-electron chi connectivity index (χ0n) is 18.6. The van der Waals surface area contributed by atoms with Gasteiger partial charge in [0, 0.05) is 12.3 Å². The van der Waals surface area contributed by atoms with E-state index in [4.69, 9.17) is 9.47 Å². The van der Waals surface area contributed by atoms with E-state index in [1.807, 2.05) is 48.5 Å². The van der Waals surface area contributed by atoms with Gasteiger partial charge in [0.25, 0.3) is 0 Å². The molecule has 0 aromatic heterocycles. The van der Waals surface area contributed by atoms with Crippen LogP contribution in [0, 0.1) is 0 Å². The van der Waals surface area contributed by atoms with Gasteiger partial charge < -0.3 is 19.9 Å². The Morgan fingerprint density at radius 1 is 1.00 bits per heavy atom. The standard InChI is InChI=1S/C26H22F3NO5/c1-34-23-13-16(26(27,28)29)11-10-15(23)12-22(24(31)32)30-25(33)35-14-21-19-8-4-2-6-17(19)18-7-3-5-9-20(18)21/h2-11,13,21-22H,12,14H2,1H3,(H,30,33)(H,31,32). The second-order valence-corrected chi connectivity index (χ2v) is 8.09. The molecular weight excluding hydrogens is 463 g/mol. The van der Waals surface area contributed by atoms with Crippen molar-refractivity contribution in [3.05, 3.63) is 89.0 Å². The molecule has 1 unspecified atom stereocenters. The molecule has 0 radical (unpaired) electrons. The van der Waals surface area contributed by atoms with Crippen LogP contribution in [0.4, 0.5) is 18.0 Å². The minimum atomic E-state index is -4.57. The first-order chi connectivity index (χ1) is 16.7. The molecule has 2 N–H and O–H groups in total. The number of rotatable bonds is 7. The van der Waals surface area contributed by atoms with Gasteiger partial charge >= 0.3 is 18.2 Å². The highest BCUT2D eigenvalue weighted by atomic mass is 19.4. The monoisotopic (exact) mass is 485 g/mol. The van der Waals surface area contributed by atoms with E-state index in [9.17, 15) is 27.9 Å². The van der Waals surface area contributed by atoms with Crippen LogP contribution in [0.25, 0.3) is 11.1 Å². The Morgan fingerprint density at radius 2 is 1.60 bits per heavy atom. The average Bonchev–Trinajstić information content (AvgIpc) is 3.15. The van der Waals surface area contributed by atoms with E-state index >= 15 is 0 Å². The van der Waals surface area contributed by atoms with E-state index in [0.717, 1.165) is 40.5 Å². The molecule has 0 saturated heterocycles. The van der Waals surface area contributed by atoms with Crippen LogP contribution in [-0.2, 0) is 22.1 Å². The molecule has 182 valence electrons. The lowest BCUT2D eigenvalue weighted by molar-refractivity contribution is -0.139. The summed E-state index contributed by atoms with van der Waals surface area (Å²) in [5, 5.41) is 11.9. The van der Waals surface area contributed by atoms with Crippen LogP contribution in [0.5, 0.6) is 5.75 Å². The molecule has 1 atom stereocenters. The summed E-state index contributed by atoms with van der Waals surface area (Å²) in [6.45, 7) is -0.00417. The third-order valence-corrected chi connectivity index (χ3v) is 5.97. The van der Waals surface area contributed by atoms with Crippen molar-refractivity contribution in [3.63, 3.8) is 0 Å². The highest BCUT2D eigenvalue weighted by molar-refractivity contribution is 5.81. The number of aliphatic carboxylic acids is 1. The number of hydrogen-bond acceptors (Lipinski definition) is 4. The fraction of sp³-hybridized carbons (Fsp3) is 0.231. The second kappa shape index (κ2) is 9.69. The molecule has 0 saturated carbocycles. The van der Waals surface area contributed by atoms with Gasteiger partial charge in [-0.25, -0.2) is 9.59 Å². The van der Waals surface area contributed by atoms with Gasteiger partial charge in [0.15, 0.2) is 0 Å². The number of ether oxygens (including phenoxy) is 2. The summed E-state index contributed by atoms with van der Waals surface area (Å²) in [7, 11) is 1.19. The largest absolute Gasteiger partial charge is 0.496 e. The summed E-state index contributed by atoms with van der Waals surface area (Å²) >= 11 is 0. The maximum atomic E-state index is 13.0. The highest BCUT2D eigenvalue weighted by Crippen LogP contribution is 2.44. The van der Waals surface area contributed by atoms with Crippen molar-refractivity contribution < 1.29 is 37.3 Å². The molecule has 35 heavy (non-hydrogen) atoms. The number of carboxylic acid groups (broad SMARTS) is 1. The van der Waals surface area contributed by atoms with Crippen LogP contribution in [-0.4, -0.2) is 36.9 Å². The minimum absolute atomic E-state index is 0.00417. The van der Waals surface area contributed by atoms with Crippen molar-refractivity contribution in [2.24, 2.45) is 0 Å². The van der Waals surface area contributed by atoms with Crippen LogP contribution in [0.3, 0.4) is 0 Å². The summed E-state index contributed by atoms with van der Waals surface area (Å²) < 4.78 is 49.3. The number of alkyl carbamates (subject to hydrolysis) is 1. The van der Waals surface area contributed by atoms with E-state index in [0.29, 0.717) is 0 Å². The first kappa shape index (κ1) is 24.1. The second-order valence-electron chi connectivity index (χ2n) is 8.09. The first-order valence-electron chi connectivity index (χ1n) is 10.8. The lowest BCUT2D eigenvalue weighted by Gasteiger charge is -2.19.